The summed E-state index contributed by atoms with van der Waals surface area (Å²) < 4.78 is 10.5. The lowest BCUT2D eigenvalue weighted by atomic mass is 9.94. The molecule has 36 heavy (non-hydrogen) atoms. The predicted octanol–water partition coefficient (Wildman–Crippen LogP) is 5.34. The number of nitrogens with one attached hydrogen (secondary N) is 1. The molecule has 1 heterocycles. The minimum absolute atomic E-state index is 0.0503. The highest BCUT2D eigenvalue weighted by Crippen LogP contribution is 2.36. The minimum atomic E-state index is -0.226. The van der Waals surface area contributed by atoms with Crippen molar-refractivity contribution in [1.29, 1.82) is 10.5 Å². The molecular weight excluding hydrogens is 474 g/mol. The molecular formula is C27H27N5O3S. The van der Waals surface area contributed by atoms with Crippen LogP contribution in [0.25, 0.3) is 11.1 Å². The quantitative estimate of drug-likeness (QED) is 0.375. The van der Waals surface area contributed by atoms with E-state index in [1.807, 2.05) is 24.3 Å². The molecule has 0 bridgehead atoms. The number of thioether (sulfide) groups is 1. The molecule has 0 spiro atoms. The number of aromatic nitrogens is 1. The van der Waals surface area contributed by atoms with Gasteiger partial charge in [0.2, 0.25) is 5.91 Å². The third kappa shape index (κ3) is 5.88. The normalized spacial score (nSPS) is 10.4. The Hall–Kier alpha value is -4.21. The number of anilines is 2. The predicted molar refractivity (Wildman–Crippen MR) is 141 cm³/mol. The molecule has 2 aromatic carbocycles. The number of methoxy groups -OCH3 is 2. The Morgan fingerprint density at radius 1 is 1.08 bits per heavy atom. The number of carbonyl (C=O) groups is 1. The Kier molecular flexibility index (Phi) is 8.77. The first-order valence-electron chi connectivity index (χ1n) is 11.2. The van der Waals surface area contributed by atoms with Crippen LogP contribution in [0.4, 0.5) is 11.5 Å². The SMILES string of the molecule is COc1ccc(NC(=O)CCSc2nc(N)c(C#N)c(-c3ccc(C(C)C)cc3)c2C#N)c(OC)c1. The van der Waals surface area contributed by atoms with E-state index in [-0.39, 0.29) is 29.3 Å². The summed E-state index contributed by atoms with van der Waals surface area (Å²) in [6.45, 7) is 4.19. The van der Waals surface area contributed by atoms with Gasteiger partial charge in [-0.2, -0.15) is 10.5 Å². The molecule has 184 valence electrons. The van der Waals surface area contributed by atoms with E-state index in [1.165, 1.54) is 18.9 Å². The third-order valence-corrected chi connectivity index (χ3v) is 6.51. The van der Waals surface area contributed by atoms with Gasteiger partial charge in [-0.1, -0.05) is 38.1 Å². The van der Waals surface area contributed by atoms with Crippen LogP contribution in [0.5, 0.6) is 11.5 Å². The monoisotopic (exact) mass is 501 g/mol. The Labute approximate surface area is 215 Å². The van der Waals surface area contributed by atoms with E-state index in [4.69, 9.17) is 15.2 Å². The zero-order valence-corrected chi connectivity index (χ0v) is 21.4. The van der Waals surface area contributed by atoms with Crippen LogP contribution in [0.2, 0.25) is 0 Å². The fourth-order valence-electron chi connectivity index (χ4n) is 3.58. The van der Waals surface area contributed by atoms with Crippen LogP contribution in [-0.4, -0.2) is 30.9 Å². The number of nitrogens with two attached hydrogens (primary N) is 1. The van der Waals surface area contributed by atoms with Gasteiger partial charge in [-0.25, -0.2) is 4.98 Å². The number of pyridine rings is 1. The molecule has 0 aliphatic heterocycles. The summed E-state index contributed by atoms with van der Waals surface area (Å²) in [5.74, 6) is 1.62. The topological polar surface area (TPSA) is 134 Å². The molecule has 3 rings (SSSR count). The van der Waals surface area contributed by atoms with Crippen molar-refractivity contribution in [1.82, 2.24) is 4.98 Å². The Balaban J connectivity index is 1.81. The van der Waals surface area contributed by atoms with Crippen LogP contribution < -0.4 is 20.5 Å². The maximum absolute atomic E-state index is 12.6. The van der Waals surface area contributed by atoms with Gasteiger partial charge in [-0.05, 0) is 29.2 Å². The highest BCUT2D eigenvalue weighted by atomic mass is 32.2. The highest BCUT2D eigenvalue weighted by Gasteiger charge is 2.21. The van der Waals surface area contributed by atoms with E-state index in [0.717, 1.165) is 5.56 Å². The molecule has 0 atom stereocenters. The molecule has 1 aromatic heterocycles. The van der Waals surface area contributed by atoms with Crippen LogP contribution >= 0.6 is 11.8 Å². The van der Waals surface area contributed by atoms with Gasteiger partial charge in [0.05, 0.1) is 25.5 Å². The van der Waals surface area contributed by atoms with Crippen molar-refractivity contribution >= 4 is 29.2 Å². The number of hydrogen-bond donors (Lipinski definition) is 2. The first-order chi connectivity index (χ1) is 17.3. The number of ether oxygens (including phenoxy) is 2. The van der Waals surface area contributed by atoms with Crippen molar-refractivity contribution in [3.8, 4) is 34.8 Å². The molecule has 0 saturated heterocycles. The van der Waals surface area contributed by atoms with E-state index >= 15 is 0 Å². The van der Waals surface area contributed by atoms with E-state index < -0.39 is 0 Å². The zero-order chi connectivity index (χ0) is 26.2. The van der Waals surface area contributed by atoms with E-state index in [1.54, 1.807) is 25.3 Å². The smallest absolute Gasteiger partial charge is 0.225 e. The first-order valence-corrected chi connectivity index (χ1v) is 12.2. The molecule has 0 aliphatic rings. The lowest BCUT2D eigenvalue weighted by Crippen LogP contribution is -2.13. The number of nitrogen functional groups attached to an aromatic ring is 1. The van der Waals surface area contributed by atoms with Crippen molar-refractivity contribution in [2.75, 3.05) is 31.0 Å². The van der Waals surface area contributed by atoms with E-state index in [0.29, 0.717) is 45.0 Å². The maximum Gasteiger partial charge on any atom is 0.225 e. The van der Waals surface area contributed by atoms with Gasteiger partial charge in [0.15, 0.2) is 0 Å². The van der Waals surface area contributed by atoms with Gasteiger partial charge >= 0.3 is 0 Å². The van der Waals surface area contributed by atoms with E-state index in [9.17, 15) is 15.3 Å². The summed E-state index contributed by atoms with van der Waals surface area (Å²) in [5, 5.41) is 22.9. The second kappa shape index (κ2) is 12.0. The van der Waals surface area contributed by atoms with Gasteiger partial charge < -0.3 is 20.5 Å². The fourth-order valence-corrected chi connectivity index (χ4v) is 4.52. The van der Waals surface area contributed by atoms with E-state index in [2.05, 4.69) is 36.3 Å². The highest BCUT2D eigenvalue weighted by molar-refractivity contribution is 7.99. The molecule has 3 aromatic rings. The van der Waals surface area contributed by atoms with Crippen molar-refractivity contribution in [3.63, 3.8) is 0 Å². The van der Waals surface area contributed by atoms with Crippen LogP contribution in [0, 0.1) is 22.7 Å². The molecule has 3 N–H and O–H groups in total. The van der Waals surface area contributed by atoms with Gasteiger partial charge in [-0.15, -0.1) is 11.8 Å². The maximum atomic E-state index is 12.6. The molecule has 0 unspecified atom stereocenters. The number of benzene rings is 2. The number of amides is 1. The summed E-state index contributed by atoms with van der Waals surface area (Å²) in [5.41, 5.74) is 9.37. The fraction of sp³-hybridized carbons (Fsp3) is 0.259. The average molecular weight is 502 g/mol. The number of hydrogen-bond acceptors (Lipinski definition) is 8. The largest absolute Gasteiger partial charge is 0.497 e. The van der Waals surface area contributed by atoms with Crippen LogP contribution in [0.1, 0.15) is 42.9 Å². The van der Waals surface area contributed by atoms with Gasteiger partial charge in [0.25, 0.3) is 0 Å². The molecule has 0 aliphatic carbocycles. The summed E-state index contributed by atoms with van der Waals surface area (Å²) in [4.78, 5) is 16.9. The average Bonchev–Trinajstić information content (AvgIpc) is 2.88. The van der Waals surface area contributed by atoms with Crippen molar-refractivity contribution in [2.45, 2.75) is 31.2 Å². The summed E-state index contributed by atoms with van der Waals surface area (Å²) in [6.07, 6.45) is 0.157. The van der Waals surface area contributed by atoms with Crippen molar-refractivity contribution in [2.24, 2.45) is 0 Å². The lowest BCUT2D eigenvalue weighted by molar-refractivity contribution is -0.115. The molecule has 0 radical (unpaired) electrons. The molecule has 8 nitrogen and oxygen atoms in total. The summed E-state index contributed by atoms with van der Waals surface area (Å²) >= 11 is 1.24. The van der Waals surface area contributed by atoms with Crippen LogP contribution in [0.15, 0.2) is 47.5 Å². The van der Waals surface area contributed by atoms with Gasteiger partial charge in [0.1, 0.15) is 40.0 Å². The molecule has 0 saturated carbocycles. The molecule has 9 heteroatoms. The Morgan fingerprint density at radius 3 is 2.36 bits per heavy atom. The zero-order valence-electron chi connectivity index (χ0n) is 20.6. The van der Waals surface area contributed by atoms with Gasteiger partial charge in [0, 0.05) is 23.8 Å². The molecule has 0 fully saturated rings. The molecule has 1 amide bonds. The first kappa shape index (κ1) is 26.4. The van der Waals surface area contributed by atoms with Gasteiger partial charge in [-0.3, -0.25) is 4.79 Å². The second-order valence-corrected chi connectivity index (χ2v) is 9.22. The standard InChI is InChI=1S/C27H27N5O3S/c1-16(2)17-5-7-18(8-6-17)25-20(14-28)26(30)32-27(21(25)15-29)36-12-11-24(33)31-22-10-9-19(34-3)13-23(22)35-4/h5-10,13,16H,11-12H2,1-4H3,(H2,30,32)(H,31,33). The number of nitriles is 2. The lowest BCUT2D eigenvalue weighted by Gasteiger charge is -2.14. The third-order valence-electron chi connectivity index (χ3n) is 5.53. The van der Waals surface area contributed by atoms with Crippen LogP contribution in [-0.2, 0) is 4.79 Å². The Morgan fingerprint density at radius 2 is 1.78 bits per heavy atom. The summed E-state index contributed by atoms with van der Waals surface area (Å²) in [6, 6.07) is 17.1. The number of nitrogens with zero attached hydrogens (tertiary/aromatic N) is 3. The minimum Gasteiger partial charge on any atom is -0.497 e. The van der Waals surface area contributed by atoms with Crippen LogP contribution in [0.3, 0.4) is 0 Å². The summed E-state index contributed by atoms with van der Waals surface area (Å²) in [7, 11) is 3.06. The number of carbonyl (C=O) groups excluding carboxylic acids is 1. The van der Waals surface area contributed by atoms with Crippen molar-refractivity contribution < 1.29 is 14.3 Å². The Bertz CT molecular complexity index is 1340. The number of rotatable bonds is 9. The van der Waals surface area contributed by atoms with Crippen molar-refractivity contribution in [3.05, 3.63) is 59.2 Å². The second-order valence-electron chi connectivity index (χ2n) is 8.14.